The summed E-state index contributed by atoms with van der Waals surface area (Å²) in [6.45, 7) is 4.40. The van der Waals surface area contributed by atoms with Gasteiger partial charge in [0.15, 0.2) is 0 Å². The van der Waals surface area contributed by atoms with Gasteiger partial charge in [-0.05, 0) is 48.9 Å². The summed E-state index contributed by atoms with van der Waals surface area (Å²) in [5.74, 6) is 1.20. The Morgan fingerprint density at radius 1 is 1.16 bits per heavy atom. The number of fused-ring (bicyclic) bond motifs is 1. The highest BCUT2D eigenvalue weighted by Crippen LogP contribution is 2.23. The monoisotopic (exact) mass is 509 g/mol. The summed E-state index contributed by atoms with van der Waals surface area (Å²) in [6, 6.07) is 18.9. The molecule has 1 heterocycles. The molecule has 4 aromatic rings. The van der Waals surface area contributed by atoms with Gasteiger partial charge in [-0.1, -0.05) is 64.3 Å². The van der Waals surface area contributed by atoms with E-state index in [0.717, 1.165) is 10.0 Å². The maximum absolute atomic E-state index is 13.1. The van der Waals surface area contributed by atoms with Gasteiger partial charge in [-0.3, -0.25) is 4.79 Å². The van der Waals surface area contributed by atoms with Crippen molar-refractivity contribution < 1.29 is 4.74 Å². The summed E-state index contributed by atoms with van der Waals surface area (Å²) in [5, 5.41) is 5.51. The van der Waals surface area contributed by atoms with E-state index in [1.165, 1.54) is 10.2 Å². The average molecular weight is 511 g/mol. The van der Waals surface area contributed by atoms with Crippen LogP contribution in [0.4, 0.5) is 0 Å². The lowest BCUT2D eigenvalue weighted by molar-refractivity contribution is 0.305. The van der Waals surface area contributed by atoms with Crippen LogP contribution in [0.3, 0.4) is 0 Å². The molecule has 0 fully saturated rings. The van der Waals surface area contributed by atoms with Crippen molar-refractivity contribution in [2.75, 3.05) is 0 Å². The summed E-state index contributed by atoms with van der Waals surface area (Å²) in [5.41, 5.74) is 3.33. The molecule has 32 heavy (non-hydrogen) atoms. The number of halogens is 2. The second kappa shape index (κ2) is 9.67. The topological polar surface area (TPSA) is 56.5 Å². The summed E-state index contributed by atoms with van der Waals surface area (Å²) >= 11 is 9.63. The lowest BCUT2D eigenvalue weighted by atomic mass is 10.1. The van der Waals surface area contributed by atoms with Gasteiger partial charge in [-0.15, -0.1) is 0 Å². The van der Waals surface area contributed by atoms with Crippen LogP contribution in [0, 0.1) is 6.92 Å². The molecule has 3 aromatic carbocycles. The van der Waals surface area contributed by atoms with Gasteiger partial charge in [-0.2, -0.15) is 9.78 Å². The fourth-order valence-corrected chi connectivity index (χ4v) is 3.92. The fraction of sp³-hybridized carbons (Fsp3) is 0.160. The van der Waals surface area contributed by atoms with Crippen LogP contribution in [-0.4, -0.2) is 15.9 Å². The number of benzene rings is 3. The van der Waals surface area contributed by atoms with Crippen LogP contribution in [0.5, 0.6) is 5.75 Å². The predicted octanol–water partition coefficient (Wildman–Crippen LogP) is 6.14. The molecule has 0 atom stereocenters. The number of hydrogen-bond acceptors (Lipinski definition) is 4. The smallest absolute Gasteiger partial charge is 0.282 e. The van der Waals surface area contributed by atoms with Gasteiger partial charge >= 0.3 is 0 Å². The van der Waals surface area contributed by atoms with Gasteiger partial charge < -0.3 is 4.74 Å². The number of aromatic nitrogens is 2. The molecule has 0 spiro atoms. The third-order valence-corrected chi connectivity index (χ3v) is 5.68. The fourth-order valence-electron chi connectivity index (χ4n) is 3.38. The Morgan fingerprint density at radius 2 is 2.00 bits per heavy atom. The Kier molecular flexibility index (Phi) is 6.72. The van der Waals surface area contributed by atoms with Crippen molar-refractivity contribution in [2.45, 2.75) is 26.9 Å². The van der Waals surface area contributed by atoms with Crippen molar-refractivity contribution >= 4 is 44.6 Å². The Balaban J connectivity index is 1.70. The Bertz CT molecular complexity index is 1380. The van der Waals surface area contributed by atoms with E-state index in [-0.39, 0.29) is 5.56 Å². The molecule has 0 aliphatic carbocycles. The Hall–Kier alpha value is -2.96. The van der Waals surface area contributed by atoms with Crippen molar-refractivity contribution in [2.24, 2.45) is 5.10 Å². The third kappa shape index (κ3) is 4.92. The van der Waals surface area contributed by atoms with Crippen LogP contribution in [0.25, 0.3) is 10.9 Å². The average Bonchev–Trinajstić information content (AvgIpc) is 2.78. The molecule has 4 rings (SSSR count). The molecule has 0 saturated carbocycles. The van der Waals surface area contributed by atoms with Crippen molar-refractivity contribution in [1.82, 2.24) is 9.66 Å². The minimum Gasteiger partial charge on any atom is -0.488 e. The first-order valence-corrected chi connectivity index (χ1v) is 11.3. The van der Waals surface area contributed by atoms with Crippen LogP contribution in [0.1, 0.15) is 29.4 Å². The van der Waals surface area contributed by atoms with Gasteiger partial charge in [0, 0.05) is 21.5 Å². The minimum absolute atomic E-state index is 0.228. The molecular formula is C25H21BrClN3O2. The van der Waals surface area contributed by atoms with E-state index in [4.69, 9.17) is 16.3 Å². The first kappa shape index (κ1) is 22.2. The highest BCUT2D eigenvalue weighted by molar-refractivity contribution is 9.10. The maximum atomic E-state index is 13.1. The highest BCUT2D eigenvalue weighted by Gasteiger charge is 2.10. The van der Waals surface area contributed by atoms with Gasteiger partial charge in [0.25, 0.3) is 5.56 Å². The molecule has 0 aliphatic rings. The van der Waals surface area contributed by atoms with E-state index in [1.807, 2.05) is 44.2 Å². The Labute approximate surface area is 199 Å². The molecule has 5 nitrogen and oxygen atoms in total. The first-order chi connectivity index (χ1) is 15.4. The molecule has 0 unspecified atom stereocenters. The molecule has 162 valence electrons. The van der Waals surface area contributed by atoms with Gasteiger partial charge in [0.2, 0.25) is 0 Å². The van der Waals surface area contributed by atoms with Crippen molar-refractivity contribution in [3.63, 3.8) is 0 Å². The van der Waals surface area contributed by atoms with Crippen molar-refractivity contribution in [1.29, 1.82) is 0 Å². The lowest BCUT2D eigenvalue weighted by Gasteiger charge is -2.11. The summed E-state index contributed by atoms with van der Waals surface area (Å²) < 4.78 is 8.18. The summed E-state index contributed by atoms with van der Waals surface area (Å²) in [4.78, 5) is 17.7. The van der Waals surface area contributed by atoms with E-state index in [1.54, 1.807) is 30.5 Å². The second-order valence-electron chi connectivity index (χ2n) is 7.36. The zero-order valence-electron chi connectivity index (χ0n) is 17.7. The van der Waals surface area contributed by atoms with E-state index in [0.29, 0.717) is 46.1 Å². The van der Waals surface area contributed by atoms with E-state index in [9.17, 15) is 4.79 Å². The number of nitrogens with zero attached hydrogens (tertiary/aromatic N) is 3. The number of aryl methyl sites for hydroxylation is 2. The normalized spacial score (nSPS) is 11.4. The van der Waals surface area contributed by atoms with Gasteiger partial charge in [-0.25, -0.2) is 4.98 Å². The summed E-state index contributed by atoms with van der Waals surface area (Å²) in [6.07, 6.45) is 2.15. The highest BCUT2D eigenvalue weighted by atomic mass is 79.9. The second-order valence-corrected chi connectivity index (χ2v) is 8.72. The Morgan fingerprint density at radius 3 is 2.78 bits per heavy atom. The number of hydrogen-bond donors (Lipinski definition) is 0. The summed E-state index contributed by atoms with van der Waals surface area (Å²) in [7, 11) is 0. The molecule has 0 saturated heterocycles. The van der Waals surface area contributed by atoms with E-state index < -0.39 is 0 Å². The molecule has 7 heteroatoms. The lowest BCUT2D eigenvalue weighted by Crippen LogP contribution is -2.22. The molecular weight excluding hydrogens is 490 g/mol. The maximum Gasteiger partial charge on any atom is 0.282 e. The standard InChI is InChI=1S/C25H21BrClN3O2/c1-3-24-29-22-9-7-19(26)13-21(22)25(31)30(24)28-14-18-12-20(27)8-10-23(18)32-15-17-6-4-5-16(2)11-17/h4-14H,3,15H2,1-2H3. The van der Waals surface area contributed by atoms with Crippen LogP contribution < -0.4 is 10.3 Å². The van der Waals surface area contributed by atoms with Crippen LogP contribution in [0.15, 0.2) is 75.0 Å². The van der Waals surface area contributed by atoms with E-state index >= 15 is 0 Å². The van der Waals surface area contributed by atoms with Crippen molar-refractivity contribution in [3.05, 3.63) is 103 Å². The number of rotatable bonds is 6. The zero-order valence-corrected chi connectivity index (χ0v) is 20.0. The van der Waals surface area contributed by atoms with Crippen LogP contribution in [0.2, 0.25) is 5.02 Å². The van der Waals surface area contributed by atoms with Gasteiger partial charge in [0.1, 0.15) is 18.2 Å². The molecule has 0 radical (unpaired) electrons. The van der Waals surface area contributed by atoms with Gasteiger partial charge in [0.05, 0.1) is 17.1 Å². The molecule has 0 aliphatic heterocycles. The SMILES string of the molecule is CCc1nc2ccc(Br)cc2c(=O)n1N=Cc1cc(Cl)ccc1OCc1cccc(C)c1. The zero-order chi connectivity index (χ0) is 22.7. The largest absolute Gasteiger partial charge is 0.488 e. The molecule has 0 amide bonds. The first-order valence-electron chi connectivity index (χ1n) is 10.2. The minimum atomic E-state index is -0.228. The molecule has 1 aromatic heterocycles. The van der Waals surface area contributed by atoms with Crippen LogP contribution in [-0.2, 0) is 13.0 Å². The quantitative estimate of drug-likeness (QED) is 0.293. The predicted molar refractivity (Wildman–Crippen MR) is 133 cm³/mol. The molecule has 0 N–H and O–H groups in total. The van der Waals surface area contributed by atoms with E-state index in [2.05, 4.69) is 32.1 Å². The number of ether oxygens (including phenoxy) is 1. The third-order valence-electron chi connectivity index (χ3n) is 4.95. The van der Waals surface area contributed by atoms with Crippen LogP contribution >= 0.6 is 27.5 Å². The molecule has 0 bridgehead atoms. The van der Waals surface area contributed by atoms with Crippen molar-refractivity contribution in [3.8, 4) is 5.75 Å².